The Morgan fingerprint density at radius 1 is 1.25 bits per heavy atom. The number of hydrogen-bond donors (Lipinski definition) is 1. The van der Waals surface area contributed by atoms with Gasteiger partial charge in [0.05, 0.1) is 5.75 Å². The highest BCUT2D eigenvalue weighted by atomic mass is 35.5. The molecule has 0 aliphatic heterocycles. The lowest BCUT2D eigenvalue weighted by molar-refractivity contribution is 0.425. The number of aromatic nitrogens is 4. The summed E-state index contributed by atoms with van der Waals surface area (Å²) in [6.45, 7) is 2.05. The number of hydrogen-bond acceptors (Lipinski definition) is 6. The zero-order valence-corrected chi connectivity index (χ0v) is 14.5. The first-order valence-corrected chi connectivity index (χ1v) is 8.82. The largest absolute Gasteiger partial charge is 0.334 e. The molecule has 3 aromatic rings. The van der Waals surface area contributed by atoms with Crippen molar-refractivity contribution in [1.82, 2.24) is 20.1 Å². The highest BCUT2D eigenvalue weighted by Crippen LogP contribution is 2.22. The van der Waals surface area contributed by atoms with Crippen LogP contribution in [-0.4, -0.2) is 20.1 Å². The van der Waals surface area contributed by atoms with Gasteiger partial charge in [-0.1, -0.05) is 41.9 Å². The molecule has 6 nitrogen and oxygen atoms in total. The van der Waals surface area contributed by atoms with Crippen molar-refractivity contribution in [3.05, 3.63) is 57.2 Å². The standard InChI is InChI=1S/C16H15ClN4O2S/c1-2-3-12-8-14(22)20-16(18-12)24-9-13-19-15(23-21-13)10-4-6-11(17)7-5-10/h4-8H,2-3,9H2,1H3,(H,18,20,22). The van der Waals surface area contributed by atoms with Crippen LogP contribution in [0.4, 0.5) is 0 Å². The molecule has 0 atom stereocenters. The zero-order chi connectivity index (χ0) is 16.9. The maximum atomic E-state index is 11.6. The van der Waals surface area contributed by atoms with Gasteiger partial charge < -0.3 is 9.51 Å². The summed E-state index contributed by atoms with van der Waals surface area (Å²) in [6.07, 6.45) is 1.72. The third kappa shape index (κ3) is 4.24. The van der Waals surface area contributed by atoms with Crippen LogP contribution in [0.25, 0.3) is 11.5 Å². The van der Waals surface area contributed by atoms with Gasteiger partial charge in [0.1, 0.15) is 0 Å². The number of nitrogens with one attached hydrogen (secondary N) is 1. The number of aryl methyl sites for hydroxylation is 1. The molecule has 3 rings (SSSR count). The number of aromatic amines is 1. The molecule has 0 fully saturated rings. The van der Waals surface area contributed by atoms with Crippen molar-refractivity contribution in [2.75, 3.05) is 0 Å². The van der Waals surface area contributed by atoms with E-state index in [9.17, 15) is 4.79 Å². The summed E-state index contributed by atoms with van der Waals surface area (Å²) in [4.78, 5) is 23.1. The minimum Gasteiger partial charge on any atom is -0.334 e. The van der Waals surface area contributed by atoms with Crippen LogP contribution in [0.3, 0.4) is 0 Å². The van der Waals surface area contributed by atoms with E-state index in [4.69, 9.17) is 16.1 Å². The molecule has 0 unspecified atom stereocenters. The normalized spacial score (nSPS) is 10.9. The summed E-state index contributed by atoms with van der Waals surface area (Å²) in [6, 6.07) is 8.70. The predicted molar refractivity (Wildman–Crippen MR) is 93.2 cm³/mol. The molecule has 0 aliphatic carbocycles. The third-order valence-electron chi connectivity index (χ3n) is 3.18. The van der Waals surface area contributed by atoms with Crippen molar-refractivity contribution in [1.29, 1.82) is 0 Å². The predicted octanol–water partition coefficient (Wildman–Crippen LogP) is 3.72. The molecular formula is C16H15ClN4O2S. The molecule has 0 spiro atoms. The zero-order valence-electron chi connectivity index (χ0n) is 13.0. The topological polar surface area (TPSA) is 84.7 Å². The van der Waals surface area contributed by atoms with Crippen LogP contribution in [0, 0.1) is 0 Å². The summed E-state index contributed by atoms with van der Waals surface area (Å²) in [5.41, 5.74) is 1.45. The van der Waals surface area contributed by atoms with Gasteiger partial charge in [-0.2, -0.15) is 4.98 Å². The van der Waals surface area contributed by atoms with Gasteiger partial charge in [0.2, 0.25) is 0 Å². The highest BCUT2D eigenvalue weighted by molar-refractivity contribution is 7.98. The molecule has 0 bridgehead atoms. The van der Waals surface area contributed by atoms with E-state index in [1.807, 2.05) is 19.1 Å². The first kappa shape index (κ1) is 16.7. The van der Waals surface area contributed by atoms with E-state index in [-0.39, 0.29) is 5.56 Å². The van der Waals surface area contributed by atoms with Gasteiger partial charge >= 0.3 is 0 Å². The smallest absolute Gasteiger partial charge is 0.257 e. The van der Waals surface area contributed by atoms with Crippen LogP contribution in [0.2, 0.25) is 5.02 Å². The van der Waals surface area contributed by atoms with Crippen LogP contribution in [-0.2, 0) is 12.2 Å². The van der Waals surface area contributed by atoms with Crippen molar-refractivity contribution in [3.63, 3.8) is 0 Å². The van der Waals surface area contributed by atoms with Gasteiger partial charge in [-0.3, -0.25) is 4.79 Å². The van der Waals surface area contributed by atoms with Crippen molar-refractivity contribution in [2.24, 2.45) is 0 Å². The molecule has 2 aromatic heterocycles. The van der Waals surface area contributed by atoms with E-state index in [1.165, 1.54) is 17.8 Å². The monoisotopic (exact) mass is 362 g/mol. The van der Waals surface area contributed by atoms with Gasteiger partial charge in [0.15, 0.2) is 11.0 Å². The summed E-state index contributed by atoms with van der Waals surface area (Å²) >= 11 is 7.23. The Labute approximate surface area is 147 Å². The number of H-pyrrole nitrogens is 1. The Morgan fingerprint density at radius 3 is 2.79 bits per heavy atom. The van der Waals surface area contributed by atoms with E-state index in [2.05, 4.69) is 20.1 Å². The number of benzene rings is 1. The van der Waals surface area contributed by atoms with E-state index >= 15 is 0 Å². The fourth-order valence-corrected chi connectivity index (χ4v) is 2.95. The number of rotatable bonds is 6. The Balaban J connectivity index is 1.69. The third-order valence-corrected chi connectivity index (χ3v) is 4.30. The molecular weight excluding hydrogens is 348 g/mol. The molecule has 1 N–H and O–H groups in total. The van der Waals surface area contributed by atoms with Crippen LogP contribution >= 0.6 is 23.4 Å². The maximum absolute atomic E-state index is 11.6. The number of nitrogens with zero attached hydrogens (tertiary/aromatic N) is 3. The van der Waals surface area contributed by atoms with Gasteiger partial charge in [-0.05, 0) is 30.7 Å². The average molecular weight is 363 g/mol. The minimum absolute atomic E-state index is 0.147. The van der Waals surface area contributed by atoms with Gasteiger partial charge in [-0.25, -0.2) is 4.98 Å². The second-order valence-electron chi connectivity index (χ2n) is 5.10. The molecule has 124 valence electrons. The van der Waals surface area contributed by atoms with Crippen LogP contribution in [0.1, 0.15) is 24.9 Å². The van der Waals surface area contributed by atoms with E-state index < -0.39 is 0 Å². The Bertz CT molecular complexity index is 876. The summed E-state index contributed by atoms with van der Waals surface area (Å²) in [5.74, 6) is 1.42. The number of halogens is 1. The number of thioether (sulfide) groups is 1. The molecule has 0 saturated carbocycles. The molecule has 1 aromatic carbocycles. The van der Waals surface area contributed by atoms with E-state index in [0.29, 0.717) is 27.6 Å². The van der Waals surface area contributed by atoms with Crippen LogP contribution in [0.15, 0.2) is 44.8 Å². The van der Waals surface area contributed by atoms with Gasteiger partial charge in [0.25, 0.3) is 11.4 Å². The quantitative estimate of drug-likeness (QED) is 0.531. The van der Waals surface area contributed by atoms with Crippen molar-refractivity contribution in [3.8, 4) is 11.5 Å². The summed E-state index contributed by atoms with van der Waals surface area (Å²) in [5, 5.41) is 5.16. The summed E-state index contributed by atoms with van der Waals surface area (Å²) in [7, 11) is 0. The van der Waals surface area contributed by atoms with Crippen LogP contribution in [0.5, 0.6) is 0 Å². The Kier molecular flexibility index (Phi) is 5.32. The molecule has 8 heteroatoms. The average Bonchev–Trinajstić information content (AvgIpc) is 3.02. The lowest BCUT2D eigenvalue weighted by atomic mass is 10.2. The lowest BCUT2D eigenvalue weighted by Gasteiger charge is -2.01. The maximum Gasteiger partial charge on any atom is 0.257 e. The molecule has 0 amide bonds. The van der Waals surface area contributed by atoms with Crippen molar-refractivity contribution in [2.45, 2.75) is 30.7 Å². The van der Waals surface area contributed by atoms with Crippen molar-refractivity contribution >= 4 is 23.4 Å². The van der Waals surface area contributed by atoms with E-state index in [1.54, 1.807) is 12.1 Å². The highest BCUT2D eigenvalue weighted by Gasteiger charge is 2.10. The van der Waals surface area contributed by atoms with Crippen molar-refractivity contribution < 1.29 is 4.52 Å². The first-order chi connectivity index (χ1) is 11.6. The fourth-order valence-electron chi connectivity index (χ4n) is 2.09. The first-order valence-electron chi connectivity index (χ1n) is 7.45. The summed E-state index contributed by atoms with van der Waals surface area (Å²) < 4.78 is 5.26. The van der Waals surface area contributed by atoms with Crippen LogP contribution < -0.4 is 5.56 Å². The molecule has 0 aliphatic rings. The second-order valence-corrected chi connectivity index (χ2v) is 6.50. The van der Waals surface area contributed by atoms with E-state index in [0.717, 1.165) is 24.1 Å². The van der Waals surface area contributed by atoms with Gasteiger partial charge in [-0.15, -0.1) is 0 Å². The molecule has 2 heterocycles. The lowest BCUT2D eigenvalue weighted by Crippen LogP contribution is -2.10. The molecule has 0 radical (unpaired) electrons. The van der Waals surface area contributed by atoms with Gasteiger partial charge in [0, 0.05) is 22.3 Å². The Hall–Kier alpha value is -2.12. The fraction of sp³-hybridized carbons (Fsp3) is 0.250. The SMILES string of the molecule is CCCc1cc(=O)[nH]c(SCc2noc(-c3ccc(Cl)cc3)n2)n1. The molecule has 0 saturated heterocycles. The molecule has 24 heavy (non-hydrogen) atoms. The minimum atomic E-state index is -0.147. The second kappa shape index (κ2) is 7.63. The Morgan fingerprint density at radius 2 is 2.04 bits per heavy atom.